The molecule has 0 rings (SSSR count). The number of allylic oxidation sites excluding steroid dienone is 16. The highest BCUT2D eigenvalue weighted by Crippen LogP contribution is 2.43. The van der Waals surface area contributed by atoms with Crippen molar-refractivity contribution in [2.45, 2.75) is 154 Å². The van der Waals surface area contributed by atoms with Crippen LogP contribution in [0.2, 0.25) is 0 Å². The van der Waals surface area contributed by atoms with Crippen LogP contribution >= 0.6 is 7.82 Å². The Balaban J connectivity index is 4.56. The summed E-state index contributed by atoms with van der Waals surface area (Å²) in [6.07, 6.45) is 49.4. The molecule has 0 aromatic carbocycles. The highest BCUT2D eigenvalue weighted by atomic mass is 31.2. The van der Waals surface area contributed by atoms with E-state index in [-0.39, 0.29) is 12.8 Å². The molecule has 0 aliphatic rings. The summed E-state index contributed by atoms with van der Waals surface area (Å²) in [5.74, 6) is -1.11. The van der Waals surface area contributed by atoms with Gasteiger partial charge in [0.05, 0.1) is 25.9 Å². The van der Waals surface area contributed by atoms with E-state index in [2.05, 4.69) is 91.3 Å². The van der Waals surface area contributed by atoms with E-state index in [1.807, 2.05) is 24.3 Å². The second kappa shape index (κ2) is 42.3. The Morgan fingerprint density at radius 3 is 1.72 bits per heavy atom. The van der Waals surface area contributed by atoms with Crippen LogP contribution in [0.1, 0.15) is 136 Å². The van der Waals surface area contributed by atoms with Crippen molar-refractivity contribution in [3.05, 3.63) is 109 Å². The lowest BCUT2D eigenvalue weighted by Crippen LogP contribution is -2.29. The van der Waals surface area contributed by atoms with Gasteiger partial charge in [-0.3, -0.25) is 18.6 Å². The number of aliphatic hydroxyl groups excluding tert-OH is 3. The van der Waals surface area contributed by atoms with Crippen molar-refractivity contribution in [1.82, 2.24) is 0 Å². The van der Waals surface area contributed by atoms with Crippen molar-refractivity contribution in [3.8, 4) is 0 Å². The van der Waals surface area contributed by atoms with E-state index in [0.29, 0.717) is 25.7 Å². The van der Waals surface area contributed by atoms with Gasteiger partial charge in [-0.05, 0) is 89.9 Å². The molecule has 2 unspecified atom stereocenters. The highest BCUT2D eigenvalue weighted by molar-refractivity contribution is 7.47. The summed E-state index contributed by atoms with van der Waals surface area (Å²) in [5, 5.41) is 28.5. The third-order valence-corrected chi connectivity index (χ3v) is 9.44. The molecule has 0 saturated carbocycles. The first-order valence-corrected chi connectivity index (χ1v) is 23.4. The summed E-state index contributed by atoms with van der Waals surface area (Å²) in [5.41, 5.74) is 0. The van der Waals surface area contributed by atoms with E-state index in [0.717, 1.165) is 64.2 Å². The van der Waals surface area contributed by atoms with Gasteiger partial charge in [0.25, 0.3) is 0 Å². The van der Waals surface area contributed by atoms with Crippen molar-refractivity contribution in [2.75, 3.05) is 26.4 Å². The van der Waals surface area contributed by atoms with E-state index in [4.69, 9.17) is 19.1 Å². The second-order valence-electron chi connectivity index (χ2n) is 14.2. The smallest absolute Gasteiger partial charge is 0.462 e. The molecule has 0 aromatic rings. The summed E-state index contributed by atoms with van der Waals surface area (Å²) in [6, 6.07) is 0. The topological polar surface area (TPSA) is 169 Å². The average molecular weight is 861 g/mol. The SMILES string of the molecule is CC/C=C\C/C=C\C/C=C\C/C=C\C/C=C\CCCCCC(=O)O[C@H](COC(=O)CCC/C=C/C=C\C(O)C/C=C\C/C=C\CCCCC)COP(=O)(O)OC[C@@H](O)CO. The summed E-state index contributed by atoms with van der Waals surface area (Å²) >= 11 is 0. The first-order valence-electron chi connectivity index (χ1n) is 22.0. The van der Waals surface area contributed by atoms with Crippen LogP contribution in [-0.2, 0) is 32.7 Å². The van der Waals surface area contributed by atoms with Crippen molar-refractivity contribution in [1.29, 1.82) is 0 Å². The second-order valence-corrected chi connectivity index (χ2v) is 15.6. The quantitative estimate of drug-likeness (QED) is 0.0153. The minimum atomic E-state index is -4.67. The van der Waals surface area contributed by atoms with Gasteiger partial charge in [-0.25, -0.2) is 4.57 Å². The van der Waals surface area contributed by atoms with Crippen LogP contribution in [-0.4, -0.2) is 76.9 Å². The molecular formula is C48H77O11P. The Hall–Kier alpha value is -3.41. The van der Waals surface area contributed by atoms with Crippen LogP contribution in [0.25, 0.3) is 0 Å². The van der Waals surface area contributed by atoms with E-state index in [9.17, 15) is 29.3 Å². The minimum absolute atomic E-state index is 0.0919. The standard InChI is InChI=1S/C48H77O11P/c1-3-5-7-9-11-13-14-15-16-17-18-19-20-21-22-24-26-30-35-39-48(53)59-46(43-58-60(54,55)57-41-45(51)40-49)42-56-47(52)38-34-31-27-29-33-37-44(50)36-32-28-25-23-12-10-8-6-4-2/h5,7,11-13,15-16,18-19,21-23,27-29,32-33,37,44-46,49-51H,3-4,6,8-10,14,17,20,24-26,30-31,34-36,38-43H2,1-2H3,(H,54,55)/b7-5-,13-11-,16-15-,19-18-,22-21-,23-12-,29-27+,32-28-,37-33-/t44?,45-,46+/m0/s1. The number of aliphatic hydroxyl groups is 3. The van der Waals surface area contributed by atoms with Gasteiger partial charge in [0.2, 0.25) is 0 Å². The van der Waals surface area contributed by atoms with Crippen molar-refractivity contribution >= 4 is 19.8 Å². The molecule has 0 aromatic heterocycles. The minimum Gasteiger partial charge on any atom is -0.462 e. The van der Waals surface area contributed by atoms with Crippen LogP contribution < -0.4 is 0 Å². The maximum Gasteiger partial charge on any atom is 0.472 e. The Kier molecular flexibility index (Phi) is 39.9. The van der Waals surface area contributed by atoms with Gasteiger partial charge in [0.1, 0.15) is 12.7 Å². The number of esters is 2. The Bertz CT molecular complexity index is 1380. The third-order valence-electron chi connectivity index (χ3n) is 8.49. The lowest BCUT2D eigenvalue weighted by Gasteiger charge is -2.20. The first kappa shape index (κ1) is 56.6. The molecule has 0 heterocycles. The predicted molar refractivity (Wildman–Crippen MR) is 243 cm³/mol. The summed E-state index contributed by atoms with van der Waals surface area (Å²) in [7, 11) is -4.67. The molecule has 0 bridgehead atoms. The fourth-order valence-corrected chi connectivity index (χ4v) is 5.88. The molecule has 340 valence electrons. The molecule has 0 saturated heterocycles. The van der Waals surface area contributed by atoms with Gasteiger partial charge in [0, 0.05) is 12.8 Å². The van der Waals surface area contributed by atoms with Crippen molar-refractivity contribution in [3.63, 3.8) is 0 Å². The number of carbonyl (C=O) groups excluding carboxylic acids is 2. The van der Waals surface area contributed by atoms with Gasteiger partial charge in [0.15, 0.2) is 6.10 Å². The number of rotatable bonds is 39. The average Bonchev–Trinajstić information content (AvgIpc) is 3.23. The van der Waals surface area contributed by atoms with E-state index >= 15 is 0 Å². The molecule has 11 nitrogen and oxygen atoms in total. The Morgan fingerprint density at radius 2 is 1.12 bits per heavy atom. The number of hydrogen-bond donors (Lipinski definition) is 4. The number of unbranched alkanes of at least 4 members (excludes halogenated alkanes) is 7. The molecule has 0 radical (unpaired) electrons. The van der Waals surface area contributed by atoms with E-state index < -0.39 is 64.5 Å². The normalized spacial score (nSPS) is 15.4. The molecule has 0 spiro atoms. The van der Waals surface area contributed by atoms with Crippen molar-refractivity contribution in [2.24, 2.45) is 0 Å². The molecule has 0 aliphatic heterocycles. The molecule has 0 aliphatic carbocycles. The van der Waals surface area contributed by atoms with Crippen LogP contribution in [0, 0.1) is 0 Å². The number of hydrogen-bond acceptors (Lipinski definition) is 10. The lowest BCUT2D eigenvalue weighted by atomic mass is 10.1. The first-order chi connectivity index (χ1) is 29.1. The largest absolute Gasteiger partial charge is 0.472 e. The fraction of sp³-hybridized carbons (Fsp3) is 0.583. The van der Waals surface area contributed by atoms with E-state index in [1.54, 1.807) is 12.2 Å². The molecule has 4 atom stereocenters. The van der Waals surface area contributed by atoms with E-state index in [1.165, 1.54) is 19.3 Å². The zero-order valence-corrected chi connectivity index (χ0v) is 37.4. The zero-order valence-electron chi connectivity index (χ0n) is 36.5. The maximum absolute atomic E-state index is 12.6. The number of carbonyl (C=O) groups is 2. The number of ether oxygens (including phenoxy) is 2. The maximum atomic E-state index is 12.6. The monoisotopic (exact) mass is 861 g/mol. The Labute approximate surface area is 361 Å². The van der Waals surface area contributed by atoms with Crippen LogP contribution in [0.3, 0.4) is 0 Å². The van der Waals surface area contributed by atoms with Crippen molar-refractivity contribution < 1.29 is 52.9 Å². The molecule has 12 heteroatoms. The lowest BCUT2D eigenvalue weighted by molar-refractivity contribution is -0.161. The molecule has 0 fully saturated rings. The zero-order chi connectivity index (χ0) is 44.2. The number of phosphoric acid groups is 1. The summed E-state index contributed by atoms with van der Waals surface area (Å²) in [6.45, 7) is 2.00. The van der Waals surface area contributed by atoms with Crippen LogP contribution in [0.15, 0.2) is 109 Å². The summed E-state index contributed by atoms with van der Waals surface area (Å²) in [4.78, 5) is 35.0. The molecule has 60 heavy (non-hydrogen) atoms. The van der Waals surface area contributed by atoms with Gasteiger partial charge in [-0.2, -0.15) is 0 Å². The van der Waals surface area contributed by atoms with Crippen LogP contribution in [0.5, 0.6) is 0 Å². The molecular weight excluding hydrogens is 783 g/mol. The third kappa shape index (κ3) is 41.3. The highest BCUT2D eigenvalue weighted by Gasteiger charge is 2.27. The fourth-order valence-electron chi connectivity index (χ4n) is 5.09. The molecule has 0 amide bonds. The number of phosphoric ester groups is 1. The summed E-state index contributed by atoms with van der Waals surface area (Å²) < 4.78 is 32.6. The van der Waals surface area contributed by atoms with Gasteiger partial charge in [-0.15, -0.1) is 0 Å². The van der Waals surface area contributed by atoms with Gasteiger partial charge in [-0.1, -0.05) is 142 Å². The Morgan fingerprint density at radius 1 is 0.583 bits per heavy atom. The van der Waals surface area contributed by atoms with Crippen LogP contribution in [0.4, 0.5) is 0 Å². The van der Waals surface area contributed by atoms with Gasteiger partial charge < -0.3 is 29.7 Å². The van der Waals surface area contributed by atoms with Gasteiger partial charge >= 0.3 is 19.8 Å². The predicted octanol–water partition coefficient (Wildman–Crippen LogP) is 10.7. The molecule has 4 N–H and O–H groups in total.